The van der Waals surface area contributed by atoms with Gasteiger partial charge in [0.1, 0.15) is 11.9 Å². The third kappa shape index (κ3) is 4.35. The minimum absolute atomic E-state index is 0.221. The molecule has 9 heteroatoms. The largest absolute Gasteiger partial charge is 0.361 e. The van der Waals surface area contributed by atoms with E-state index >= 15 is 0 Å². The minimum atomic E-state index is -0.526. The van der Waals surface area contributed by atoms with Crippen molar-refractivity contribution < 1.29 is 9.18 Å². The lowest BCUT2D eigenvalue weighted by molar-refractivity contribution is -0.113. The van der Waals surface area contributed by atoms with Gasteiger partial charge in [-0.3, -0.25) is 4.79 Å². The summed E-state index contributed by atoms with van der Waals surface area (Å²) in [5, 5.41) is 12.6. The number of carbonyl (C=O) groups is 1. The number of thioether (sulfide) groups is 1. The van der Waals surface area contributed by atoms with E-state index in [9.17, 15) is 9.18 Å². The standard InChI is InChI=1S/C29H25FN6OS/c1-17-9-3-7-13-23(17)33-27(37)25-18(2)32-28-34-29(38-16-19-10-4-6-12-22(19)30)35-36(28)26(25)21-15-31-24-14-8-5-11-20(21)24/h3-15,26,31H,16H2,1-2H3,(H,33,37)(H,32,34,35). The summed E-state index contributed by atoms with van der Waals surface area (Å²) in [6.07, 6.45) is 1.92. The maximum atomic E-state index is 14.2. The number of allylic oxidation sites excluding steroid dienone is 1. The second kappa shape index (κ2) is 9.83. The van der Waals surface area contributed by atoms with E-state index in [1.54, 1.807) is 16.8 Å². The van der Waals surface area contributed by atoms with Crippen LogP contribution in [0, 0.1) is 12.7 Å². The van der Waals surface area contributed by atoms with Gasteiger partial charge in [0.25, 0.3) is 5.91 Å². The Morgan fingerprint density at radius 1 is 1.05 bits per heavy atom. The quantitative estimate of drug-likeness (QED) is 0.223. The van der Waals surface area contributed by atoms with Crippen molar-refractivity contribution in [3.05, 3.63) is 113 Å². The number of aryl methyl sites for hydroxylation is 1. The molecule has 3 heterocycles. The van der Waals surface area contributed by atoms with E-state index in [2.05, 4.69) is 20.6 Å². The van der Waals surface area contributed by atoms with Gasteiger partial charge in [0.15, 0.2) is 0 Å². The summed E-state index contributed by atoms with van der Waals surface area (Å²) in [7, 11) is 0. The predicted octanol–water partition coefficient (Wildman–Crippen LogP) is 6.43. The molecule has 0 bridgehead atoms. The number of fused-ring (bicyclic) bond motifs is 2. The van der Waals surface area contributed by atoms with Gasteiger partial charge in [0.05, 0.1) is 5.57 Å². The van der Waals surface area contributed by atoms with E-state index in [-0.39, 0.29) is 11.7 Å². The predicted molar refractivity (Wildman–Crippen MR) is 149 cm³/mol. The minimum Gasteiger partial charge on any atom is -0.361 e. The Morgan fingerprint density at radius 2 is 1.82 bits per heavy atom. The monoisotopic (exact) mass is 524 g/mol. The van der Waals surface area contributed by atoms with Crippen LogP contribution in [0.2, 0.25) is 0 Å². The lowest BCUT2D eigenvalue weighted by atomic mass is 9.94. The molecule has 0 saturated heterocycles. The first-order valence-electron chi connectivity index (χ1n) is 12.2. The fourth-order valence-corrected chi connectivity index (χ4v) is 5.57. The Morgan fingerprint density at radius 3 is 2.66 bits per heavy atom. The number of para-hydroxylation sites is 2. The molecule has 5 aromatic rings. The third-order valence-electron chi connectivity index (χ3n) is 6.70. The zero-order valence-corrected chi connectivity index (χ0v) is 21.6. The average molecular weight is 525 g/mol. The lowest BCUT2D eigenvalue weighted by Crippen LogP contribution is -2.31. The van der Waals surface area contributed by atoms with Gasteiger partial charge in [-0.15, -0.1) is 5.10 Å². The molecule has 6 rings (SSSR count). The van der Waals surface area contributed by atoms with Crippen molar-refractivity contribution in [2.75, 3.05) is 10.6 Å². The molecule has 0 aliphatic carbocycles. The maximum absolute atomic E-state index is 14.2. The Bertz CT molecular complexity index is 1700. The highest BCUT2D eigenvalue weighted by molar-refractivity contribution is 7.98. The van der Waals surface area contributed by atoms with Crippen LogP contribution in [0.5, 0.6) is 0 Å². The molecule has 2 aromatic heterocycles. The number of aromatic nitrogens is 4. The summed E-state index contributed by atoms with van der Waals surface area (Å²) in [5.41, 5.74) is 5.42. The number of anilines is 2. The van der Waals surface area contributed by atoms with Crippen LogP contribution in [0.25, 0.3) is 10.9 Å². The second-order valence-electron chi connectivity index (χ2n) is 9.17. The van der Waals surface area contributed by atoms with E-state index in [1.165, 1.54) is 17.8 Å². The van der Waals surface area contributed by atoms with E-state index < -0.39 is 6.04 Å². The summed E-state index contributed by atoms with van der Waals surface area (Å²) in [6.45, 7) is 3.83. The molecular weight excluding hydrogens is 499 g/mol. The molecule has 3 N–H and O–H groups in total. The molecule has 0 fully saturated rings. The molecule has 38 heavy (non-hydrogen) atoms. The van der Waals surface area contributed by atoms with Crippen molar-refractivity contribution >= 4 is 40.2 Å². The van der Waals surface area contributed by atoms with E-state index in [0.717, 1.165) is 27.7 Å². The van der Waals surface area contributed by atoms with Crippen molar-refractivity contribution in [1.29, 1.82) is 0 Å². The summed E-state index contributed by atoms with van der Waals surface area (Å²) in [4.78, 5) is 21.8. The van der Waals surface area contributed by atoms with Crippen molar-refractivity contribution in [3.8, 4) is 0 Å². The molecule has 1 aliphatic rings. The SMILES string of the molecule is CC1=C(C(=O)Nc2ccccc2C)C(c2c[nH]c3ccccc23)n2nc(SCc3ccccc3F)nc2N1. The fraction of sp³-hybridized carbons (Fsp3) is 0.138. The number of benzene rings is 3. The zero-order chi connectivity index (χ0) is 26.2. The first kappa shape index (κ1) is 24.0. The molecule has 1 atom stereocenters. The number of nitrogens with zero attached hydrogens (tertiary/aromatic N) is 3. The van der Waals surface area contributed by atoms with Crippen molar-refractivity contribution in [2.45, 2.75) is 30.8 Å². The summed E-state index contributed by atoms with van der Waals surface area (Å²) < 4.78 is 15.9. The van der Waals surface area contributed by atoms with Crippen LogP contribution in [-0.4, -0.2) is 25.7 Å². The zero-order valence-electron chi connectivity index (χ0n) is 20.8. The van der Waals surface area contributed by atoms with E-state index in [0.29, 0.717) is 33.7 Å². The third-order valence-corrected chi connectivity index (χ3v) is 7.59. The van der Waals surface area contributed by atoms with Crippen LogP contribution < -0.4 is 10.6 Å². The van der Waals surface area contributed by atoms with Crippen LogP contribution in [-0.2, 0) is 10.5 Å². The van der Waals surface area contributed by atoms with Gasteiger partial charge in [0, 0.05) is 39.8 Å². The Balaban J connectivity index is 1.41. The highest BCUT2D eigenvalue weighted by atomic mass is 32.2. The van der Waals surface area contributed by atoms with Crippen LogP contribution in [0.1, 0.15) is 29.7 Å². The average Bonchev–Trinajstić information content (AvgIpc) is 3.52. The second-order valence-corrected chi connectivity index (χ2v) is 10.1. The van der Waals surface area contributed by atoms with Crippen molar-refractivity contribution in [3.63, 3.8) is 0 Å². The van der Waals surface area contributed by atoms with E-state index in [1.807, 2.05) is 74.6 Å². The molecule has 190 valence electrons. The number of nitrogens with one attached hydrogen (secondary N) is 3. The smallest absolute Gasteiger partial charge is 0.255 e. The van der Waals surface area contributed by atoms with Crippen LogP contribution >= 0.6 is 11.8 Å². The molecule has 0 spiro atoms. The Kier molecular flexibility index (Phi) is 6.21. The number of H-pyrrole nitrogens is 1. The molecule has 1 amide bonds. The number of hydrogen-bond acceptors (Lipinski definition) is 5. The molecule has 7 nitrogen and oxygen atoms in total. The van der Waals surface area contributed by atoms with Gasteiger partial charge in [-0.2, -0.15) is 4.98 Å². The molecule has 0 radical (unpaired) electrons. The van der Waals surface area contributed by atoms with Gasteiger partial charge in [0.2, 0.25) is 11.1 Å². The van der Waals surface area contributed by atoms with Crippen molar-refractivity contribution in [2.24, 2.45) is 0 Å². The highest BCUT2D eigenvalue weighted by Crippen LogP contribution is 2.39. The number of hydrogen-bond donors (Lipinski definition) is 3. The number of halogens is 1. The molecule has 1 unspecified atom stereocenters. The lowest BCUT2D eigenvalue weighted by Gasteiger charge is -2.28. The number of amides is 1. The number of carbonyl (C=O) groups excluding carboxylic acids is 1. The topological polar surface area (TPSA) is 87.6 Å². The van der Waals surface area contributed by atoms with Gasteiger partial charge in [-0.1, -0.05) is 66.4 Å². The fourth-order valence-electron chi connectivity index (χ4n) is 4.75. The van der Waals surface area contributed by atoms with Gasteiger partial charge < -0.3 is 15.6 Å². The van der Waals surface area contributed by atoms with Crippen molar-refractivity contribution in [1.82, 2.24) is 19.7 Å². The number of aromatic amines is 1. The molecule has 3 aromatic carbocycles. The first-order valence-corrected chi connectivity index (χ1v) is 13.2. The van der Waals surface area contributed by atoms with E-state index in [4.69, 9.17) is 5.10 Å². The Hall–Kier alpha value is -4.37. The van der Waals surface area contributed by atoms with Crippen LogP contribution in [0.4, 0.5) is 16.0 Å². The van der Waals surface area contributed by atoms with Gasteiger partial charge >= 0.3 is 0 Å². The Labute approximate surface area is 223 Å². The molecule has 1 aliphatic heterocycles. The first-order chi connectivity index (χ1) is 18.5. The summed E-state index contributed by atoms with van der Waals surface area (Å²) in [6, 6.07) is 21.8. The molecule has 0 saturated carbocycles. The van der Waals surface area contributed by atoms with Crippen LogP contribution in [0.3, 0.4) is 0 Å². The normalized spacial score (nSPS) is 14.9. The summed E-state index contributed by atoms with van der Waals surface area (Å²) >= 11 is 1.35. The number of rotatable bonds is 6. The van der Waals surface area contributed by atoms with Gasteiger partial charge in [-0.25, -0.2) is 9.07 Å². The molecular formula is C29H25FN6OS. The highest BCUT2D eigenvalue weighted by Gasteiger charge is 2.36. The van der Waals surface area contributed by atoms with Gasteiger partial charge in [-0.05, 0) is 43.2 Å². The summed E-state index contributed by atoms with van der Waals surface area (Å²) in [5.74, 6) is 0.440. The maximum Gasteiger partial charge on any atom is 0.255 e. The van der Waals surface area contributed by atoms with Crippen LogP contribution in [0.15, 0.2) is 95.4 Å².